The van der Waals surface area contributed by atoms with Crippen molar-refractivity contribution in [2.75, 3.05) is 0 Å². The van der Waals surface area contributed by atoms with Crippen LogP contribution in [0.2, 0.25) is 0 Å². The van der Waals surface area contributed by atoms with E-state index >= 15 is 0 Å². The fourth-order valence-corrected chi connectivity index (χ4v) is 1.28. The first-order chi connectivity index (χ1) is 4.33. The summed E-state index contributed by atoms with van der Waals surface area (Å²) in [5.41, 5.74) is 0. The van der Waals surface area contributed by atoms with Crippen LogP contribution in [0.25, 0.3) is 0 Å². The van der Waals surface area contributed by atoms with Crippen molar-refractivity contribution in [1.82, 2.24) is 0 Å². The molecule has 1 rings (SSSR count). The third-order valence-corrected chi connectivity index (χ3v) is 1.97. The van der Waals surface area contributed by atoms with E-state index in [1.807, 2.05) is 0 Å². The van der Waals surface area contributed by atoms with Crippen LogP contribution >= 0.6 is 0 Å². The van der Waals surface area contributed by atoms with Gasteiger partial charge in [-0.2, -0.15) is 0 Å². The highest BCUT2D eigenvalue weighted by Crippen LogP contribution is 2.18. The van der Waals surface area contributed by atoms with Gasteiger partial charge in [0.05, 0.1) is 0 Å². The summed E-state index contributed by atoms with van der Waals surface area (Å²) in [6.45, 7) is 4.51. The molecule has 0 radical (unpaired) electrons. The van der Waals surface area contributed by atoms with Crippen molar-refractivity contribution in [1.29, 1.82) is 0 Å². The molecule has 0 bridgehead atoms. The Morgan fingerprint density at radius 2 is 2.44 bits per heavy atom. The number of rotatable bonds is 1. The molecular formula is C8H15N. The quantitative estimate of drug-likeness (QED) is 0.509. The third-order valence-electron chi connectivity index (χ3n) is 1.97. The average Bonchev–Trinajstić information content (AvgIpc) is 1.88. The molecule has 0 aromatic carbocycles. The summed E-state index contributed by atoms with van der Waals surface area (Å²) in [5.74, 6) is 0.868. The summed E-state index contributed by atoms with van der Waals surface area (Å²) in [6.07, 6.45) is 5.78. The number of hydrogen-bond donors (Lipinski definition) is 0. The lowest BCUT2D eigenvalue weighted by atomic mass is 9.95. The van der Waals surface area contributed by atoms with Crippen LogP contribution in [0.4, 0.5) is 0 Å². The molecule has 0 aliphatic carbocycles. The summed E-state index contributed by atoms with van der Waals surface area (Å²) < 4.78 is 0. The van der Waals surface area contributed by atoms with E-state index in [0.29, 0.717) is 6.04 Å². The smallest absolute Gasteiger partial charge is 0.0495 e. The predicted molar refractivity (Wildman–Crippen MR) is 41.0 cm³/mol. The van der Waals surface area contributed by atoms with Gasteiger partial charge in [-0.15, -0.1) is 0 Å². The second-order valence-electron chi connectivity index (χ2n) is 2.97. The monoisotopic (exact) mass is 125 g/mol. The van der Waals surface area contributed by atoms with Crippen LogP contribution < -0.4 is 0 Å². The number of hydrogen-bond acceptors (Lipinski definition) is 1. The highest BCUT2D eigenvalue weighted by atomic mass is 14.8. The Kier molecular flexibility index (Phi) is 2.26. The largest absolute Gasteiger partial charge is 0.294 e. The van der Waals surface area contributed by atoms with E-state index < -0.39 is 0 Å². The van der Waals surface area contributed by atoms with Gasteiger partial charge < -0.3 is 0 Å². The molecule has 0 fully saturated rings. The maximum absolute atomic E-state index is 4.37. The summed E-state index contributed by atoms with van der Waals surface area (Å²) in [4.78, 5) is 4.37. The molecule has 0 spiro atoms. The van der Waals surface area contributed by atoms with Crippen LogP contribution in [0, 0.1) is 5.92 Å². The summed E-state index contributed by atoms with van der Waals surface area (Å²) in [6, 6.07) is 0.633. The van der Waals surface area contributed by atoms with Gasteiger partial charge >= 0.3 is 0 Å². The van der Waals surface area contributed by atoms with Gasteiger partial charge in [-0.25, -0.2) is 0 Å². The molecule has 1 aliphatic heterocycles. The van der Waals surface area contributed by atoms with Crippen LogP contribution in [-0.2, 0) is 0 Å². The number of aliphatic imine (C=N–C) groups is 1. The molecule has 1 aliphatic rings. The van der Waals surface area contributed by atoms with E-state index in [9.17, 15) is 0 Å². The molecule has 0 saturated heterocycles. The molecule has 2 unspecified atom stereocenters. The fourth-order valence-electron chi connectivity index (χ4n) is 1.28. The van der Waals surface area contributed by atoms with Crippen molar-refractivity contribution in [2.45, 2.75) is 39.2 Å². The van der Waals surface area contributed by atoms with Crippen molar-refractivity contribution in [3.8, 4) is 0 Å². The van der Waals surface area contributed by atoms with Gasteiger partial charge in [0.25, 0.3) is 0 Å². The minimum Gasteiger partial charge on any atom is -0.294 e. The standard InChI is InChI=1S/C8H15N/c1-3-8-6-7(2)4-5-9-8/h5,7-8H,3-4,6H2,1-2H3. The lowest BCUT2D eigenvalue weighted by Crippen LogP contribution is -2.14. The Bertz CT molecular complexity index is 107. The average molecular weight is 125 g/mol. The first-order valence-electron chi connectivity index (χ1n) is 3.84. The van der Waals surface area contributed by atoms with Crippen LogP contribution in [0.5, 0.6) is 0 Å². The van der Waals surface area contributed by atoms with Gasteiger partial charge in [0.1, 0.15) is 0 Å². The zero-order valence-corrected chi connectivity index (χ0v) is 6.30. The zero-order chi connectivity index (χ0) is 6.69. The van der Waals surface area contributed by atoms with Crippen molar-refractivity contribution in [3.63, 3.8) is 0 Å². The minimum atomic E-state index is 0.633. The number of nitrogens with zero attached hydrogens (tertiary/aromatic N) is 1. The Balaban J connectivity index is 2.39. The maximum atomic E-state index is 4.37. The molecule has 0 aromatic rings. The molecule has 1 nitrogen and oxygen atoms in total. The van der Waals surface area contributed by atoms with E-state index in [2.05, 4.69) is 25.1 Å². The Morgan fingerprint density at radius 1 is 1.67 bits per heavy atom. The van der Waals surface area contributed by atoms with Gasteiger partial charge in [0.2, 0.25) is 0 Å². The molecule has 0 amide bonds. The Labute approximate surface area is 57.2 Å². The summed E-state index contributed by atoms with van der Waals surface area (Å²) >= 11 is 0. The van der Waals surface area contributed by atoms with Crippen molar-refractivity contribution >= 4 is 6.21 Å². The molecule has 0 N–H and O–H groups in total. The Hall–Kier alpha value is -0.330. The fraction of sp³-hybridized carbons (Fsp3) is 0.875. The molecule has 1 heterocycles. The van der Waals surface area contributed by atoms with Gasteiger partial charge in [-0.3, -0.25) is 4.99 Å². The van der Waals surface area contributed by atoms with E-state index in [4.69, 9.17) is 0 Å². The van der Waals surface area contributed by atoms with Crippen LogP contribution in [-0.4, -0.2) is 12.3 Å². The molecule has 1 heteroatoms. The van der Waals surface area contributed by atoms with Gasteiger partial charge in [-0.1, -0.05) is 13.8 Å². The van der Waals surface area contributed by atoms with E-state index in [-0.39, 0.29) is 0 Å². The lowest BCUT2D eigenvalue weighted by molar-refractivity contribution is 0.451. The van der Waals surface area contributed by atoms with E-state index in [0.717, 1.165) is 5.92 Å². The van der Waals surface area contributed by atoms with Gasteiger partial charge in [0, 0.05) is 6.04 Å². The second-order valence-corrected chi connectivity index (χ2v) is 2.97. The maximum Gasteiger partial charge on any atom is 0.0495 e. The van der Waals surface area contributed by atoms with Crippen molar-refractivity contribution in [3.05, 3.63) is 0 Å². The van der Waals surface area contributed by atoms with Crippen LogP contribution in [0.3, 0.4) is 0 Å². The van der Waals surface area contributed by atoms with Gasteiger partial charge in [-0.05, 0) is 31.4 Å². The second kappa shape index (κ2) is 3.00. The van der Waals surface area contributed by atoms with E-state index in [1.54, 1.807) is 0 Å². The normalized spacial score (nSPS) is 34.9. The topological polar surface area (TPSA) is 12.4 Å². The highest BCUT2D eigenvalue weighted by molar-refractivity contribution is 5.58. The Morgan fingerprint density at radius 3 is 2.89 bits per heavy atom. The highest BCUT2D eigenvalue weighted by Gasteiger charge is 2.12. The van der Waals surface area contributed by atoms with Crippen LogP contribution in [0.15, 0.2) is 4.99 Å². The zero-order valence-electron chi connectivity index (χ0n) is 6.30. The minimum absolute atomic E-state index is 0.633. The van der Waals surface area contributed by atoms with Gasteiger partial charge in [0.15, 0.2) is 0 Å². The third kappa shape index (κ3) is 1.81. The summed E-state index contributed by atoms with van der Waals surface area (Å²) in [7, 11) is 0. The molecule has 52 valence electrons. The SMILES string of the molecule is CCC1CC(C)CC=N1. The van der Waals surface area contributed by atoms with E-state index in [1.165, 1.54) is 19.3 Å². The lowest BCUT2D eigenvalue weighted by Gasteiger charge is -2.19. The predicted octanol–water partition coefficient (Wildman–Crippen LogP) is 2.27. The molecule has 2 atom stereocenters. The van der Waals surface area contributed by atoms with Crippen molar-refractivity contribution in [2.24, 2.45) is 10.9 Å². The summed E-state index contributed by atoms with van der Waals surface area (Å²) in [5, 5.41) is 0. The first kappa shape index (κ1) is 6.79. The van der Waals surface area contributed by atoms with Crippen LogP contribution in [0.1, 0.15) is 33.1 Å². The molecule has 9 heavy (non-hydrogen) atoms. The molecular weight excluding hydrogens is 110 g/mol. The molecule has 0 saturated carbocycles. The molecule has 0 aromatic heterocycles. The van der Waals surface area contributed by atoms with Crippen molar-refractivity contribution < 1.29 is 0 Å². The first-order valence-corrected chi connectivity index (χ1v) is 3.84.